The van der Waals surface area contributed by atoms with Crippen LogP contribution in [0.25, 0.3) is 16.9 Å². The molecule has 0 spiro atoms. The van der Waals surface area contributed by atoms with Crippen molar-refractivity contribution in [2.75, 3.05) is 6.54 Å². The van der Waals surface area contributed by atoms with Gasteiger partial charge in [0.15, 0.2) is 0 Å². The van der Waals surface area contributed by atoms with Crippen LogP contribution in [0, 0.1) is 5.92 Å². The molecule has 26 heavy (non-hydrogen) atoms. The van der Waals surface area contributed by atoms with Crippen LogP contribution in [0.4, 0.5) is 0 Å². The Morgan fingerprint density at radius 2 is 1.81 bits per heavy atom. The van der Waals surface area contributed by atoms with Crippen LogP contribution in [0.1, 0.15) is 30.8 Å². The number of carbonyl (C=O) groups excluding carboxylic acids is 1. The Bertz CT molecular complexity index is 887. The predicted molar refractivity (Wildman–Crippen MR) is 106 cm³/mol. The third-order valence-corrected chi connectivity index (χ3v) is 4.43. The predicted octanol–water partition coefficient (Wildman–Crippen LogP) is 4.97. The van der Waals surface area contributed by atoms with Gasteiger partial charge in [0.2, 0.25) is 0 Å². The molecule has 0 saturated heterocycles. The lowest BCUT2D eigenvalue weighted by atomic mass is 10.1. The van der Waals surface area contributed by atoms with E-state index in [4.69, 9.17) is 11.6 Å². The fourth-order valence-corrected chi connectivity index (χ4v) is 2.91. The molecule has 0 aliphatic carbocycles. The summed E-state index contributed by atoms with van der Waals surface area (Å²) in [5.41, 5.74) is 2.81. The van der Waals surface area contributed by atoms with E-state index in [9.17, 15) is 4.79 Å². The van der Waals surface area contributed by atoms with Crippen molar-refractivity contribution in [1.82, 2.24) is 15.1 Å². The number of hydrogen-bond donors (Lipinski definition) is 1. The minimum absolute atomic E-state index is 0.139. The van der Waals surface area contributed by atoms with Crippen molar-refractivity contribution in [3.63, 3.8) is 0 Å². The minimum atomic E-state index is -0.139. The summed E-state index contributed by atoms with van der Waals surface area (Å²) in [6.45, 7) is 4.91. The molecule has 5 heteroatoms. The summed E-state index contributed by atoms with van der Waals surface area (Å²) in [6.07, 6.45) is 0.933. The first-order valence-electron chi connectivity index (χ1n) is 8.75. The summed E-state index contributed by atoms with van der Waals surface area (Å²) in [5.74, 6) is 0.397. The molecule has 0 bridgehead atoms. The fraction of sp³-hybridized carbons (Fsp3) is 0.238. The lowest BCUT2D eigenvalue weighted by molar-refractivity contribution is 0.0944. The van der Waals surface area contributed by atoms with Gasteiger partial charge in [-0.05, 0) is 36.6 Å². The molecule has 3 aromatic rings. The number of amides is 1. The highest BCUT2D eigenvalue weighted by Crippen LogP contribution is 2.28. The monoisotopic (exact) mass is 367 g/mol. The van der Waals surface area contributed by atoms with Gasteiger partial charge in [-0.25, -0.2) is 4.68 Å². The minimum Gasteiger partial charge on any atom is -0.351 e. The fourth-order valence-electron chi connectivity index (χ4n) is 2.67. The molecule has 0 saturated carbocycles. The first-order chi connectivity index (χ1) is 12.6. The van der Waals surface area contributed by atoms with Crippen molar-refractivity contribution in [2.45, 2.75) is 20.3 Å². The standard InChI is InChI=1S/C21H22ClN3O/c1-15(2)12-13-23-21(26)20-14-19(17-10-6-7-11-18(17)22)24-25(20)16-8-4-3-5-9-16/h3-11,14-15H,12-13H2,1-2H3,(H,23,26). The van der Waals surface area contributed by atoms with E-state index in [0.29, 0.717) is 28.9 Å². The zero-order chi connectivity index (χ0) is 18.5. The summed E-state index contributed by atoms with van der Waals surface area (Å²) in [4.78, 5) is 12.7. The van der Waals surface area contributed by atoms with Crippen molar-refractivity contribution in [1.29, 1.82) is 0 Å². The van der Waals surface area contributed by atoms with Crippen LogP contribution < -0.4 is 5.32 Å². The maximum Gasteiger partial charge on any atom is 0.270 e. The van der Waals surface area contributed by atoms with Crippen LogP contribution in [-0.2, 0) is 0 Å². The summed E-state index contributed by atoms with van der Waals surface area (Å²) in [7, 11) is 0. The molecule has 2 aromatic carbocycles. The van der Waals surface area contributed by atoms with Crippen LogP contribution in [0.3, 0.4) is 0 Å². The van der Waals surface area contributed by atoms with Gasteiger partial charge in [0.05, 0.1) is 16.4 Å². The van der Waals surface area contributed by atoms with Crippen LogP contribution in [-0.4, -0.2) is 22.2 Å². The van der Waals surface area contributed by atoms with E-state index in [-0.39, 0.29) is 5.91 Å². The van der Waals surface area contributed by atoms with Crippen molar-refractivity contribution in [3.05, 3.63) is 71.4 Å². The summed E-state index contributed by atoms with van der Waals surface area (Å²) < 4.78 is 1.67. The molecule has 0 aliphatic heterocycles. The molecule has 0 fully saturated rings. The molecule has 3 rings (SSSR count). The number of nitrogens with one attached hydrogen (secondary N) is 1. The molecule has 0 radical (unpaired) electrons. The zero-order valence-corrected chi connectivity index (χ0v) is 15.7. The number of carbonyl (C=O) groups is 1. The largest absolute Gasteiger partial charge is 0.351 e. The van der Waals surface area contributed by atoms with E-state index in [1.54, 1.807) is 10.7 Å². The zero-order valence-electron chi connectivity index (χ0n) is 14.9. The highest BCUT2D eigenvalue weighted by atomic mass is 35.5. The van der Waals surface area contributed by atoms with E-state index >= 15 is 0 Å². The van der Waals surface area contributed by atoms with Crippen molar-refractivity contribution in [3.8, 4) is 16.9 Å². The van der Waals surface area contributed by atoms with E-state index in [0.717, 1.165) is 17.7 Å². The number of rotatable bonds is 6. The Morgan fingerprint density at radius 3 is 2.50 bits per heavy atom. The number of hydrogen-bond acceptors (Lipinski definition) is 2. The number of halogens is 1. The number of aromatic nitrogens is 2. The Labute approximate surface area is 158 Å². The summed E-state index contributed by atoms with van der Waals surface area (Å²) in [6, 6.07) is 18.9. The van der Waals surface area contributed by atoms with E-state index in [2.05, 4.69) is 24.3 Å². The van der Waals surface area contributed by atoms with Gasteiger partial charge in [-0.2, -0.15) is 5.10 Å². The van der Waals surface area contributed by atoms with Crippen LogP contribution in [0.5, 0.6) is 0 Å². The van der Waals surface area contributed by atoms with Gasteiger partial charge in [-0.1, -0.05) is 61.8 Å². The Hall–Kier alpha value is -2.59. The molecule has 1 heterocycles. The van der Waals surface area contributed by atoms with Gasteiger partial charge < -0.3 is 5.32 Å². The second kappa shape index (κ2) is 8.19. The molecule has 1 amide bonds. The van der Waals surface area contributed by atoms with Gasteiger partial charge in [-0.15, -0.1) is 0 Å². The maximum absolute atomic E-state index is 12.7. The van der Waals surface area contributed by atoms with Crippen molar-refractivity contribution < 1.29 is 4.79 Å². The highest BCUT2D eigenvalue weighted by molar-refractivity contribution is 6.33. The Morgan fingerprint density at radius 1 is 1.12 bits per heavy atom. The van der Waals surface area contributed by atoms with Gasteiger partial charge in [-0.3, -0.25) is 4.79 Å². The molecule has 134 valence electrons. The van der Waals surface area contributed by atoms with E-state index < -0.39 is 0 Å². The SMILES string of the molecule is CC(C)CCNC(=O)c1cc(-c2ccccc2Cl)nn1-c1ccccc1. The molecule has 0 aliphatic rings. The van der Waals surface area contributed by atoms with Crippen molar-refractivity contribution >= 4 is 17.5 Å². The normalized spacial score (nSPS) is 10.9. The third-order valence-electron chi connectivity index (χ3n) is 4.10. The molecular weight excluding hydrogens is 346 g/mol. The Balaban J connectivity index is 1.99. The summed E-state index contributed by atoms with van der Waals surface area (Å²) in [5, 5.41) is 8.24. The molecule has 0 atom stereocenters. The molecule has 1 aromatic heterocycles. The number of nitrogens with zero attached hydrogens (tertiary/aromatic N) is 2. The lowest BCUT2D eigenvalue weighted by Crippen LogP contribution is -2.27. The molecular formula is C21H22ClN3O. The van der Waals surface area contributed by atoms with Gasteiger partial charge in [0.1, 0.15) is 5.69 Å². The van der Waals surface area contributed by atoms with Gasteiger partial charge >= 0.3 is 0 Å². The summed E-state index contributed by atoms with van der Waals surface area (Å²) >= 11 is 6.31. The molecule has 0 unspecified atom stereocenters. The molecule has 1 N–H and O–H groups in total. The second-order valence-electron chi connectivity index (χ2n) is 6.58. The highest BCUT2D eigenvalue weighted by Gasteiger charge is 2.18. The van der Waals surface area contributed by atoms with Gasteiger partial charge in [0, 0.05) is 12.1 Å². The topological polar surface area (TPSA) is 46.9 Å². The average Bonchev–Trinajstić information content (AvgIpc) is 3.08. The third kappa shape index (κ3) is 4.14. The van der Waals surface area contributed by atoms with Crippen LogP contribution in [0.2, 0.25) is 5.02 Å². The van der Waals surface area contributed by atoms with Gasteiger partial charge in [0.25, 0.3) is 5.91 Å². The van der Waals surface area contributed by atoms with E-state index in [1.165, 1.54) is 0 Å². The number of para-hydroxylation sites is 1. The van der Waals surface area contributed by atoms with Crippen LogP contribution in [0.15, 0.2) is 60.7 Å². The number of benzene rings is 2. The second-order valence-corrected chi connectivity index (χ2v) is 6.99. The van der Waals surface area contributed by atoms with Crippen molar-refractivity contribution in [2.24, 2.45) is 5.92 Å². The quantitative estimate of drug-likeness (QED) is 0.668. The molecule has 4 nitrogen and oxygen atoms in total. The lowest BCUT2D eigenvalue weighted by Gasteiger charge is -2.09. The van der Waals surface area contributed by atoms with Crippen LogP contribution >= 0.6 is 11.6 Å². The Kier molecular flexibility index (Phi) is 5.74. The van der Waals surface area contributed by atoms with E-state index in [1.807, 2.05) is 54.6 Å². The smallest absolute Gasteiger partial charge is 0.270 e. The first kappa shape index (κ1) is 18.2. The first-order valence-corrected chi connectivity index (χ1v) is 9.12. The average molecular weight is 368 g/mol. The maximum atomic E-state index is 12.7.